The third-order valence-corrected chi connectivity index (χ3v) is 11.4. The van der Waals surface area contributed by atoms with Crippen LogP contribution in [0.15, 0.2) is 109 Å². The van der Waals surface area contributed by atoms with Gasteiger partial charge in [-0.05, 0) is 129 Å². The normalized spacial score (nSPS) is 10.6. The smallest absolute Gasteiger partial charge is 0.323 e. The number of rotatable bonds is 11. The van der Waals surface area contributed by atoms with Gasteiger partial charge in [0.1, 0.15) is 12.4 Å². The van der Waals surface area contributed by atoms with E-state index in [0.29, 0.717) is 22.3 Å². The average molecular weight is 1150 g/mol. The second-order valence-corrected chi connectivity index (χ2v) is 17.4. The van der Waals surface area contributed by atoms with Crippen molar-refractivity contribution in [3.8, 4) is 22.3 Å². The standard InChI is InChI=1S/C23H20ClN3O2S.C20H14ClFN2S.C3H7NO2.BH.U/c1-14-26-23-19(17-4-3-5-18(24)11-17)9-16(10-20(23)30-14)8-15-6-7-21(25-12-15)27(2)13-22(28)29;1-12-24-20-17(15-3-2-4-16(21)10-15)8-14(9-18(20)25-12)7-13-5-6-19(22)23-11-13;1-4-2-3(5)6;;/h3-7,9-12H,8,13H2,1-2H3,(H,28,29);2-6,8-11H,7H2,1H3;4H,2H2,1H3,(H,5,6);1H;/i;;;1D;. The summed E-state index contributed by atoms with van der Waals surface area (Å²) >= 11 is 15.8. The number of anilines is 1. The number of aromatic nitrogens is 4. The summed E-state index contributed by atoms with van der Waals surface area (Å²) in [4.78, 5) is 39.6. The number of aryl methyl sites for hydroxylation is 2. The summed E-state index contributed by atoms with van der Waals surface area (Å²) in [5.41, 5.74) is 10.5. The Labute approximate surface area is 409 Å². The Bertz CT molecular complexity index is 2820. The van der Waals surface area contributed by atoms with Crippen molar-refractivity contribution in [1.82, 2.24) is 25.3 Å². The molecule has 0 saturated carbocycles. The molecule has 63 heavy (non-hydrogen) atoms. The summed E-state index contributed by atoms with van der Waals surface area (Å²) < 4.78 is 20.6. The van der Waals surface area contributed by atoms with Crippen LogP contribution in [0.1, 0.15) is 32.3 Å². The quantitative estimate of drug-likeness (QED) is 0.0847. The number of benzene rings is 4. The number of pyridine rings is 2. The van der Waals surface area contributed by atoms with E-state index in [9.17, 15) is 14.0 Å². The predicted octanol–water partition coefficient (Wildman–Crippen LogP) is 10.1. The third-order valence-electron chi connectivity index (χ3n) is 9.10. The molecule has 4 heterocycles. The van der Waals surface area contributed by atoms with E-state index in [1.165, 1.54) is 6.07 Å². The molecular weight excluding hydrogens is 1100 g/mol. The molecule has 0 aliphatic rings. The number of hydrogen-bond donors (Lipinski definition) is 3. The number of thiazole rings is 2. The topological polar surface area (TPSA) is 141 Å². The van der Waals surface area contributed by atoms with E-state index >= 15 is 0 Å². The molecule has 320 valence electrons. The van der Waals surface area contributed by atoms with Crippen LogP contribution in [-0.4, -0.2) is 79.0 Å². The Morgan fingerprint density at radius 2 is 1.22 bits per heavy atom. The van der Waals surface area contributed by atoms with Crippen LogP contribution in [0.4, 0.5) is 10.2 Å². The van der Waals surface area contributed by atoms with Gasteiger partial charge in [-0.1, -0.05) is 59.6 Å². The van der Waals surface area contributed by atoms with Gasteiger partial charge in [-0.15, -0.1) is 22.7 Å². The Kier molecular flexibility index (Phi) is 18.6. The van der Waals surface area contributed by atoms with E-state index in [-0.39, 0.29) is 44.2 Å². The molecule has 8 aromatic rings. The second kappa shape index (κ2) is 23.8. The first kappa shape index (κ1) is 49.3. The molecule has 4 aromatic carbocycles. The van der Waals surface area contributed by atoms with Crippen molar-refractivity contribution in [2.75, 3.05) is 32.1 Å². The maximum atomic E-state index is 13.0. The van der Waals surface area contributed by atoms with E-state index in [4.69, 9.17) is 44.7 Å². The van der Waals surface area contributed by atoms with Crippen LogP contribution in [0.3, 0.4) is 0 Å². The molecule has 0 aliphatic carbocycles. The van der Waals surface area contributed by atoms with Crippen LogP contribution >= 0.6 is 45.9 Å². The molecular formula is C46H42BCl2FN6O4S2U. The number of carboxylic acid groups (broad SMARTS) is 2. The molecule has 0 unspecified atom stereocenters. The van der Waals surface area contributed by atoms with Gasteiger partial charge in [0.25, 0.3) is 0 Å². The predicted molar refractivity (Wildman–Crippen MR) is 253 cm³/mol. The number of aliphatic carboxylic acids is 2. The number of hydrogen-bond acceptors (Lipinski definition) is 10. The van der Waals surface area contributed by atoms with Gasteiger partial charge in [-0.25, -0.2) is 19.9 Å². The van der Waals surface area contributed by atoms with Crippen LogP contribution in [0.5, 0.6) is 0 Å². The Balaban J connectivity index is 0.000000240. The van der Waals surface area contributed by atoms with Gasteiger partial charge in [0, 0.05) is 80.1 Å². The summed E-state index contributed by atoms with van der Waals surface area (Å²) in [6.07, 6.45) is 4.79. The summed E-state index contributed by atoms with van der Waals surface area (Å²) in [5, 5.41) is 22.7. The number of carbonyl (C=O) groups is 2. The van der Waals surface area contributed by atoms with Gasteiger partial charge < -0.3 is 20.4 Å². The Morgan fingerprint density at radius 1 is 0.730 bits per heavy atom. The second-order valence-electron chi connectivity index (χ2n) is 14.0. The first-order chi connectivity index (χ1) is 30.2. The first-order valence-corrected chi connectivity index (χ1v) is 21.3. The summed E-state index contributed by atoms with van der Waals surface area (Å²) in [5.74, 6) is -1.53. The maximum Gasteiger partial charge on any atom is 0.323 e. The van der Waals surface area contributed by atoms with E-state index in [0.717, 1.165) is 81.4 Å². The molecule has 0 atom stereocenters. The van der Waals surface area contributed by atoms with Gasteiger partial charge in [-0.2, -0.15) is 4.39 Å². The molecule has 0 amide bonds. The maximum absolute atomic E-state index is 13.0. The summed E-state index contributed by atoms with van der Waals surface area (Å²) in [6.45, 7) is 3.98. The van der Waals surface area contributed by atoms with Crippen molar-refractivity contribution < 1.29 is 55.3 Å². The average Bonchev–Trinajstić information content (AvgIpc) is 3.82. The number of fused-ring (bicyclic) bond motifs is 2. The molecule has 3 N–H and O–H groups in total. The van der Waals surface area contributed by atoms with Crippen LogP contribution in [0, 0.1) is 50.9 Å². The van der Waals surface area contributed by atoms with Crippen molar-refractivity contribution in [3.05, 3.63) is 158 Å². The van der Waals surface area contributed by atoms with Crippen molar-refractivity contribution in [1.29, 1.82) is 1.34 Å². The monoisotopic (exact) mass is 1150 g/mol. The molecule has 0 spiro atoms. The molecule has 17 heteroatoms. The molecule has 0 aliphatic heterocycles. The zero-order chi connectivity index (χ0) is 45.6. The first-order valence-electron chi connectivity index (χ1n) is 19.5. The molecule has 10 nitrogen and oxygen atoms in total. The summed E-state index contributed by atoms with van der Waals surface area (Å²) in [6, 6.07) is 31.3. The van der Waals surface area contributed by atoms with Crippen molar-refractivity contribution in [2.24, 2.45) is 0 Å². The molecule has 2 radical (unpaired) electrons. The fourth-order valence-electron chi connectivity index (χ4n) is 6.52. The SMILES string of the molecule is CNCC(=O)O.Cc1nc2c(-c3cccc(Cl)c3)cc(Cc3ccc(F)nc3)cc2s1.Cc1nc2c(-c3cccc(Cl)c3)cc(Cc3ccc(N(C)CC(=O)O)nc3)cc2s1.[2H][B].[U]. The van der Waals surface area contributed by atoms with Crippen LogP contribution in [0.25, 0.3) is 42.7 Å². The fourth-order valence-corrected chi connectivity index (χ4v) is 8.73. The van der Waals surface area contributed by atoms with Gasteiger partial charge in [-0.3, -0.25) is 9.59 Å². The van der Waals surface area contributed by atoms with Gasteiger partial charge in [0.15, 0.2) is 0 Å². The van der Waals surface area contributed by atoms with Crippen molar-refractivity contribution >= 4 is 92.4 Å². The number of nitrogens with one attached hydrogen (secondary N) is 1. The molecule has 0 fully saturated rings. The zero-order valence-electron chi connectivity index (χ0n) is 35.7. The van der Waals surface area contributed by atoms with E-state index in [2.05, 4.69) is 47.9 Å². The third kappa shape index (κ3) is 14.4. The number of likely N-dealkylation sites (N-methyl/N-ethyl adjacent to an activating group) is 2. The van der Waals surface area contributed by atoms with Gasteiger partial charge in [0.2, 0.25) is 5.95 Å². The zero-order valence-corrected chi connectivity index (χ0v) is 42.0. The van der Waals surface area contributed by atoms with Crippen LogP contribution in [-0.2, 0) is 22.4 Å². The van der Waals surface area contributed by atoms with E-state index in [1.807, 2.05) is 74.5 Å². The minimum Gasteiger partial charge on any atom is -0.480 e. The fraction of sp³-hybridized carbons (Fsp3) is 0.174. The minimum atomic E-state index is -0.884. The molecule has 8 rings (SSSR count). The van der Waals surface area contributed by atoms with Gasteiger partial charge >= 0.3 is 11.9 Å². The number of halogens is 3. The van der Waals surface area contributed by atoms with Crippen LogP contribution in [0.2, 0.25) is 10.0 Å². The molecule has 0 saturated heterocycles. The minimum absolute atomic E-state index is 0. The Morgan fingerprint density at radius 3 is 1.60 bits per heavy atom. The largest absolute Gasteiger partial charge is 0.480 e. The molecule has 0 bridgehead atoms. The number of carboxylic acids is 2. The van der Waals surface area contributed by atoms with Crippen molar-refractivity contribution in [3.63, 3.8) is 0 Å². The van der Waals surface area contributed by atoms with E-state index in [1.54, 1.807) is 60.1 Å². The van der Waals surface area contributed by atoms with Gasteiger partial charge in [0.05, 0.1) is 37.0 Å². The van der Waals surface area contributed by atoms with Crippen molar-refractivity contribution in [2.45, 2.75) is 26.7 Å². The molecule has 4 aromatic heterocycles. The van der Waals surface area contributed by atoms with E-state index < -0.39 is 17.9 Å². The summed E-state index contributed by atoms with van der Waals surface area (Å²) in [7, 11) is 7.06. The number of nitrogens with zero attached hydrogens (tertiary/aromatic N) is 5. The van der Waals surface area contributed by atoms with Crippen LogP contribution < -0.4 is 10.2 Å². The Hall–Kier alpha value is -4.71.